The van der Waals surface area contributed by atoms with Crippen LogP contribution in [0.2, 0.25) is 0 Å². The standard InChI is InChI=1S/C23H26N2O4S/c1-14(20(26)15-7-10-17(11-8-15)23(2,3)4)30-22-25-24-21(29-22)16-9-12-18(27-5)19(13-16)28-6/h7-14H,1-6H3. The summed E-state index contributed by atoms with van der Waals surface area (Å²) in [7, 11) is 3.14. The van der Waals surface area contributed by atoms with Crippen molar-refractivity contribution >= 4 is 17.5 Å². The van der Waals surface area contributed by atoms with Crippen molar-refractivity contribution in [3.63, 3.8) is 0 Å². The zero-order valence-corrected chi connectivity index (χ0v) is 18.9. The first kappa shape index (κ1) is 21.9. The Morgan fingerprint density at radius 2 is 1.67 bits per heavy atom. The molecule has 0 aliphatic carbocycles. The number of carbonyl (C=O) groups is 1. The molecule has 0 saturated carbocycles. The molecule has 0 spiro atoms. The van der Waals surface area contributed by atoms with E-state index >= 15 is 0 Å². The lowest BCUT2D eigenvalue weighted by atomic mass is 9.86. The van der Waals surface area contributed by atoms with Crippen LogP contribution in [-0.4, -0.2) is 35.5 Å². The van der Waals surface area contributed by atoms with E-state index < -0.39 is 0 Å². The number of methoxy groups -OCH3 is 2. The Morgan fingerprint density at radius 1 is 1.00 bits per heavy atom. The predicted octanol–water partition coefficient (Wildman–Crippen LogP) is 5.41. The van der Waals surface area contributed by atoms with Gasteiger partial charge in [0.05, 0.1) is 19.5 Å². The number of carbonyl (C=O) groups excluding carboxylic acids is 1. The van der Waals surface area contributed by atoms with Crippen molar-refractivity contribution in [1.29, 1.82) is 0 Å². The molecule has 0 amide bonds. The van der Waals surface area contributed by atoms with E-state index in [9.17, 15) is 4.79 Å². The Labute approximate surface area is 181 Å². The van der Waals surface area contributed by atoms with Crippen molar-refractivity contribution in [3.05, 3.63) is 53.6 Å². The summed E-state index contributed by atoms with van der Waals surface area (Å²) in [5, 5.41) is 8.15. The minimum absolute atomic E-state index is 0.0197. The minimum Gasteiger partial charge on any atom is -0.493 e. The van der Waals surface area contributed by atoms with Crippen LogP contribution in [0, 0.1) is 0 Å². The summed E-state index contributed by atoms with van der Waals surface area (Å²) in [5.74, 6) is 1.57. The summed E-state index contributed by atoms with van der Waals surface area (Å²) in [5.41, 5.74) is 2.62. The summed E-state index contributed by atoms with van der Waals surface area (Å²) in [6.07, 6.45) is 0. The Bertz CT molecular complexity index is 1020. The molecule has 30 heavy (non-hydrogen) atoms. The molecular formula is C23H26N2O4S. The highest BCUT2D eigenvalue weighted by atomic mass is 32.2. The highest BCUT2D eigenvalue weighted by Crippen LogP contribution is 2.33. The number of hydrogen-bond donors (Lipinski definition) is 0. The lowest BCUT2D eigenvalue weighted by Crippen LogP contribution is -2.15. The quantitative estimate of drug-likeness (QED) is 0.369. The maximum absolute atomic E-state index is 12.8. The number of rotatable bonds is 7. The number of benzene rings is 2. The topological polar surface area (TPSA) is 74.5 Å². The summed E-state index contributed by atoms with van der Waals surface area (Å²) >= 11 is 1.24. The number of ketones is 1. The highest BCUT2D eigenvalue weighted by molar-refractivity contribution is 8.00. The zero-order chi connectivity index (χ0) is 21.9. The second kappa shape index (κ2) is 8.92. The monoisotopic (exact) mass is 426 g/mol. The smallest absolute Gasteiger partial charge is 0.277 e. The number of hydrogen-bond acceptors (Lipinski definition) is 7. The van der Waals surface area contributed by atoms with E-state index in [1.54, 1.807) is 26.4 Å². The van der Waals surface area contributed by atoms with E-state index in [0.717, 1.165) is 0 Å². The van der Waals surface area contributed by atoms with Crippen molar-refractivity contribution in [3.8, 4) is 23.0 Å². The predicted molar refractivity (Wildman–Crippen MR) is 118 cm³/mol. The van der Waals surface area contributed by atoms with Crippen LogP contribution in [0.15, 0.2) is 52.1 Å². The van der Waals surface area contributed by atoms with Crippen LogP contribution >= 0.6 is 11.8 Å². The SMILES string of the molecule is COc1ccc(-c2nnc(SC(C)C(=O)c3ccc(C(C)(C)C)cc3)o2)cc1OC. The largest absolute Gasteiger partial charge is 0.493 e. The molecule has 0 saturated heterocycles. The van der Waals surface area contributed by atoms with Gasteiger partial charge in [-0.05, 0) is 36.1 Å². The molecule has 7 heteroatoms. The van der Waals surface area contributed by atoms with Crippen LogP contribution in [0.4, 0.5) is 0 Å². The summed E-state index contributed by atoms with van der Waals surface area (Å²) < 4.78 is 16.3. The second-order valence-electron chi connectivity index (χ2n) is 7.89. The fourth-order valence-electron chi connectivity index (χ4n) is 2.92. The summed E-state index contributed by atoms with van der Waals surface area (Å²) in [6.45, 7) is 8.28. The number of aromatic nitrogens is 2. The number of ether oxygens (including phenoxy) is 2. The van der Waals surface area contributed by atoms with E-state index in [4.69, 9.17) is 13.9 Å². The molecule has 0 aliphatic heterocycles. The molecule has 0 bridgehead atoms. The van der Waals surface area contributed by atoms with E-state index in [-0.39, 0.29) is 16.4 Å². The summed E-state index contributed by atoms with van der Waals surface area (Å²) in [4.78, 5) is 12.8. The van der Waals surface area contributed by atoms with Crippen LogP contribution in [0.25, 0.3) is 11.5 Å². The number of Topliss-reactive ketones (excluding diaryl/α,β-unsaturated/α-hetero) is 1. The van der Waals surface area contributed by atoms with Gasteiger partial charge in [-0.25, -0.2) is 0 Å². The normalized spacial score (nSPS) is 12.5. The van der Waals surface area contributed by atoms with E-state index in [1.165, 1.54) is 17.3 Å². The molecule has 1 atom stereocenters. The lowest BCUT2D eigenvalue weighted by Gasteiger charge is -2.19. The van der Waals surface area contributed by atoms with Gasteiger partial charge in [-0.2, -0.15) is 0 Å². The molecular weight excluding hydrogens is 400 g/mol. The third-order valence-corrected chi connectivity index (χ3v) is 5.65. The minimum atomic E-state index is -0.357. The molecule has 3 rings (SSSR count). The molecule has 1 heterocycles. The average Bonchev–Trinajstić information content (AvgIpc) is 3.20. The van der Waals surface area contributed by atoms with Gasteiger partial charge in [-0.15, -0.1) is 10.2 Å². The molecule has 0 N–H and O–H groups in total. The van der Waals surface area contributed by atoms with Gasteiger partial charge >= 0.3 is 0 Å². The van der Waals surface area contributed by atoms with Crippen LogP contribution in [-0.2, 0) is 5.41 Å². The molecule has 0 radical (unpaired) electrons. The van der Waals surface area contributed by atoms with E-state index in [1.807, 2.05) is 37.3 Å². The molecule has 1 aromatic heterocycles. The van der Waals surface area contributed by atoms with Gasteiger partial charge in [0.15, 0.2) is 17.3 Å². The van der Waals surface area contributed by atoms with Gasteiger partial charge in [-0.3, -0.25) is 4.79 Å². The Morgan fingerprint density at radius 3 is 2.27 bits per heavy atom. The number of thioether (sulfide) groups is 1. The molecule has 1 unspecified atom stereocenters. The van der Waals surface area contributed by atoms with Gasteiger partial charge in [0, 0.05) is 11.1 Å². The molecule has 3 aromatic rings. The van der Waals surface area contributed by atoms with Gasteiger partial charge in [0.2, 0.25) is 5.89 Å². The highest BCUT2D eigenvalue weighted by Gasteiger charge is 2.21. The third-order valence-electron chi connectivity index (χ3n) is 4.72. The molecule has 2 aromatic carbocycles. The van der Waals surface area contributed by atoms with Crippen molar-refractivity contribution in [2.24, 2.45) is 0 Å². The fraction of sp³-hybridized carbons (Fsp3) is 0.348. The third kappa shape index (κ3) is 4.84. The average molecular weight is 427 g/mol. The first-order valence-corrected chi connectivity index (χ1v) is 10.5. The first-order valence-electron chi connectivity index (χ1n) is 9.60. The first-order chi connectivity index (χ1) is 14.2. The van der Waals surface area contributed by atoms with Crippen LogP contribution in [0.5, 0.6) is 11.5 Å². The molecule has 6 nitrogen and oxygen atoms in total. The fourth-order valence-corrected chi connectivity index (χ4v) is 3.68. The number of nitrogens with zero attached hydrogens (tertiary/aromatic N) is 2. The molecule has 158 valence electrons. The van der Waals surface area contributed by atoms with Crippen molar-refractivity contribution < 1.29 is 18.7 Å². The van der Waals surface area contributed by atoms with Crippen LogP contribution in [0.1, 0.15) is 43.6 Å². The van der Waals surface area contributed by atoms with Gasteiger partial charge in [-0.1, -0.05) is 56.8 Å². The van der Waals surface area contributed by atoms with Crippen molar-refractivity contribution in [2.45, 2.75) is 43.6 Å². The van der Waals surface area contributed by atoms with E-state index in [0.29, 0.717) is 33.7 Å². The molecule has 0 aliphatic rings. The maximum Gasteiger partial charge on any atom is 0.277 e. The Hall–Kier alpha value is -2.80. The van der Waals surface area contributed by atoms with Crippen molar-refractivity contribution in [1.82, 2.24) is 10.2 Å². The zero-order valence-electron chi connectivity index (χ0n) is 18.1. The van der Waals surface area contributed by atoms with Crippen LogP contribution in [0.3, 0.4) is 0 Å². The second-order valence-corrected chi connectivity index (χ2v) is 9.19. The lowest BCUT2D eigenvalue weighted by molar-refractivity contribution is 0.0993. The van der Waals surface area contributed by atoms with Gasteiger partial charge in [0.1, 0.15) is 0 Å². The molecule has 0 fully saturated rings. The van der Waals surface area contributed by atoms with Gasteiger partial charge < -0.3 is 13.9 Å². The van der Waals surface area contributed by atoms with Crippen LogP contribution < -0.4 is 9.47 Å². The maximum atomic E-state index is 12.8. The van der Waals surface area contributed by atoms with Crippen molar-refractivity contribution in [2.75, 3.05) is 14.2 Å². The van der Waals surface area contributed by atoms with Gasteiger partial charge in [0.25, 0.3) is 5.22 Å². The Balaban J connectivity index is 1.71. The van der Waals surface area contributed by atoms with E-state index in [2.05, 4.69) is 31.0 Å². The summed E-state index contributed by atoms with van der Waals surface area (Å²) in [6, 6.07) is 13.1. The Kier molecular flexibility index (Phi) is 6.51.